The fourth-order valence-electron chi connectivity index (χ4n) is 1.88. The van der Waals surface area contributed by atoms with Crippen LogP contribution in [0, 0.1) is 0 Å². The molecule has 0 saturated carbocycles. The van der Waals surface area contributed by atoms with Gasteiger partial charge < -0.3 is 9.84 Å². The molecule has 0 aromatic carbocycles. The van der Waals surface area contributed by atoms with Crippen LogP contribution in [0.3, 0.4) is 0 Å². The average molecular weight is 333 g/mol. The molecule has 2 rings (SSSR count). The third-order valence-electron chi connectivity index (χ3n) is 3.05. The van der Waals surface area contributed by atoms with E-state index in [1.807, 2.05) is 0 Å². The van der Waals surface area contributed by atoms with Gasteiger partial charge in [-0.15, -0.1) is 0 Å². The summed E-state index contributed by atoms with van der Waals surface area (Å²) in [6, 6.07) is 1.92. The van der Waals surface area contributed by atoms with E-state index < -0.39 is 19.9 Å². The molecule has 9 heteroatoms. The summed E-state index contributed by atoms with van der Waals surface area (Å²) in [5, 5.41) is 12.6. The first kappa shape index (κ1) is 16.8. The summed E-state index contributed by atoms with van der Waals surface area (Å²) in [6.45, 7) is 6.93. The molecular weight excluding hydrogens is 315 g/mol. The molecule has 2 heterocycles. The lowest BCUT2D eigenvalue weighted by Crippen LogP contribution is -2.22. The van der Waals surface area contributed by atoms with Gasteiger partial charge in [0, 0.05) is 14.7 Å². The molecular formula is C13H18F3N3O2Si. The molecule has 0 unspecified atom stereocenters. The van der Waals surface area contributed by atoms with Gasteiger partial charge in [0.15, 0.2) is 11.3 Å². The first-order chi connectivity index (χ1) is 10.1. The topological polar surface area (TPSA) is 60.2 Å². The molecule has 0 radical (unpaired) electrons. The van der Waals surface area contributed by atoms with Gasteiger partial charge in [-0.25, -0.2) is 9.67 Å². The molecule has 2 aromatic rings. The highest BCUT2D eigenvalue weighted by atomic mass is 28.3. The molecule has 5 nitrogen and oxygen atoms in total. The number of halogens is 3. The quantitative estimate of drug-likeness (QED) is 0.672. The SMILES string of the molecule is C[Si](C)(C)CCOCn1nc(C(F)(F)F)c2cc(O)cnc21. The number of rotatable bonds is 5. The molecule has 0 aliphatic rings. The number of hydrogen-bond acceptors (Lipinski definition) is 4. The van der Waals surface area contributed by atoms with E-state index >= 15 is 0 Å². The predicted molar refractivity (Wildman–Crippen MR) is 78.3 cm³/mol. The van der Waals surface area contributed by atoms with Crippen LogP contribution in [-0.4, -0.2) is 34.6 Å². The zero-order valence-corrected chi connectivity index (χ0v) is 13.6. The van der Waals surface area contributed by atoms with Gasteiger partial charge in [0.25, 0.3) is 0 Å². The Morgan fingerprint density at radius 2 is 2.00 bits per heavy atom. The number of hydrogen-bond donors (Lipinski definition) is 1. The summed E-state index contributed by atoms with van der Waals surface area (Å²) in [4.78, 5) is 3.82. The van der Waals surface area contributed by atoms with Crippen LogP contribution in [0.5, 0.6) is 5.75 Å². The largest absolute Gasteiger partial charge is 0.506 e. The van der Waals surface area contributed by atoms with E-state index in [9.17, 15) is 18.3 Å². The van der Waals surface area contributed by atoms with Gasteiger partial charge >= 0.3 is 6.18 Å². The Morgan fingerprint density at radius 3 is 2.59 bits per heavy atom. The number of aromatic hydroxyl groups is 1. The summed E-state index contributed by atoms with van der Waals surface area (Å²) < 4.78 is 45.5. The van der Waals surface area contributed by atoms with Gasteiger partial charge in [0.1, 0.15) is 12.5 Å². The third-order valence-corrected chi connectivity index (χ3v) is 4.76. The van der Waals surface area contributed by atoms with Crippen LogP contribution in [0.4, 0.5) is 13.2 Å². The van der Waals surface area contributed by atoms with Crippen LogP contribution in [0.2, 0.25) is 25.7 Å². The highest BCUT2D eigenvalue weighted by molar-refractivity contribution is 6.76. The minimum absolute atomic E-state index is 0.0399. The highest BCUT2D eigenvalue weighted by Gasteiger charge is 2.37. The lowest BCUT2D eigenvalue weighted by atomic mass is 10.2. The molecule has 0 spiro atoms. The fourth-order valence-corrected chi connectivity index (χ4v) is 2.63. The summed E-state index contributed by atoms with van der Waals surface area (Å²) in [5.41, 5.74) is -1.03. The lowest BCUT2D eigenvalue weighted by molar-refractivity contribution is -0.140. The van der Waals surface area contributed by atoms with Crippen molar-refractivity contribution in [3.63, 3.8) is 0 Å². The summed E-state index contributed by atoms with van der Waals surface area (Å²) >= 11 is 0. The minimum Gasteiger partial charge on any atom is -0.506 e. The molecule has 0 atom stereocenters. The Hall–Kier alpha value is -1.61. The van der Waals surface area contributed by atoms with Crippen LogP contribution < -0.4 is 0 Å². The molecule has 0 amide bonds. The standard InChI is InChI=1S/C13H18F3N3O2Si/c1-22(2,3)5-4-21-8-19-12-10(6-9(20)7-17-12)11(18-19)13(14,15)16/h6-7,20H,4-5,8H2,1-3H3. The van der Waals surface area contributed by atoms with Gasteiger partial charge in [0.2, 0.25) is 0 Å². The first-order valence-corrected chi connectivity index (χ1v) is 10.5. The van der Waals surface area contributed by atoms with Crippen LogP contribution in [0.15, 0.2) is 12.3 Å². The van der Waals surface area contributed by atoms with Gasteiger partial charge in [-0.1, -0.05) is 19.6 Å². The van der Waals surface area contributed by atoms with Crippen molar-refractivity contribution in [1.29, 1.82) is 0 Å². The minimum atomic E-state index is -4.61. The van der Waals surface area contributed by atoms with Crippen LogP contribution in [0.1, 0.15) is 5.69 Å². The van der Waals surface area contributed by atoms with Crippen LogP contribution in [0.25, 0.3) is 11.0 Å². The maximum absolute atomic E-state index is 13.0. The second-order valence-electron chi connectivity index (χ2n) is 6.26. The number of ether oxygens (including phenoxy) is 1. The number of alkyl halides is 3. The van der Waals surface area contributed by atoms with E-state index in [1.54, 1.807) is 0 Å². The van der Waals surface area contributed by atoms with Crippen molar-refractivity contribution < 1.29 is 23.0 Å². The van der Waals surface area contributed by atoms with Crippen molar-refractivity contribution in [2.45, 2.75) is 38.6 Å². The van der Waals surface area contributed by atoms with Crippen molar-refractivity contribution in [1.82, 2.24) is 14.8 Å². The monoisotopic (exact) mass is 333 g/mol. The van der Waals surface area contributed by atoms with Crippen molar-refractivity contribution in [3.05, 3.63) is 18.0 Å². The van der Waals surface area contributed by atoms with Gasteiger partial charge in [0.05, 0.1) is 11.6 Å². The molecule has 0 saturated heterocycles. The Morgan fingerprint density at radius 1 is 1.32 bits per heavy atom. The van der Waals surface area contributed by atoms with Crippen molar-refractivity contribution in [2.24, 2.45) is 0 Å². The van der Waals surface area contributed by atoms with Gasteiger partial charge in [-0.2, -0.15) is 18.3 Å². The van der Waals surface area contributed by atoms with E-state index in [0.29, 0.717) is 6.61 Å². The van der Waals surface area contributed by atoms with Crippen molar-refractivity contribution >= 4 is 19.1 Å². The van der Waals surface area contributed by atoms with E-state index in [2.05, 4.69) is 29.7 Å². The van der Waals surface area contributed by atoms with E-state index in [4.69, 9.17) is 4.74 Å². The average Bonchev–Trinajstić information content (AvgIpc) is 2.71. The molecule has 122 valence electrons. The smallest absolute Gasteiger partial charge is 0.435 e. The maximum Gasteiger partial charge on any atom is 0.435 e. The molecule has 2 aromatic heterocycles. The maximum atomic E-state index is 13.0. The Kier molecular flexibility index (Phi) is 4.48. The Bertz CT molecular complexity index is 665. The number of aromatic nitrogens is 3. The first-order valence-electron chi connectivity index (χ1n) is 6.78. The third kappa shape index (κ3) is 3.98. The summed E-state index contributed by atoms with van der Waals surface area (Å²) in [6.07, 6.45) is -3.53. The number of fused-ring (bicyclic) bond motifs is 1. The zero-order valence-electron chi connectivity index (χ0n) is 12.6. The second-order valence-corrected chi connectivity index (χ2v) is 11.9. The van der Waals surface area contributed by atoms with Crippen LogP contribution >= 0.6 is 0 Å². The van der Waals surface area contributed by atoms with E-state index in [0.717, 1.165) is 23.0 Å². The molecule has 0 bridgehead atoms. The predicted octanol–water partition coefficient (Wildman–Crippen LogP) is 3.47. The molecule has 0 aliphatic carbocycles. The zero-order chi connectivity index (χ0) is 16.5. The summed E-state index contributed by atoms with van der Waals surface area (Å²) in [5.74, 6) is -0.336. The summed E-state index contributed by atoms with van der Waals surface area (Å²) in [7, 11) is -1.26. The molecule has 22 heavy (non-hydrogen) atoms. The molecule has 0 fully saturated rings. The normalized spacial score (nSPS) is 13.0. The van der Waals surface area contributed by atoms with Gasteiger partial charge in [-0.05, 0) is 12.1 Å². The molecule has 1 N–H and O–H groups in total. The fraction of sp³-hybridized carbons (Fsp3) is 0.538. The van der Waals surface area contributed by atoms with Gasteiger partial charge in [-0.3, -0.25) is 0 Å². The Labute approximate surface area is 126 Å². The highest BCUT2D eigenvalue weighted by Crippen LogP contribution is 2.34. The van der Waals surface area contributed by atoms with E-state index in [1.165, 1.54) is 0 Å². The van der Waals surface area contributed by atoms with Crippen molar-refractivity contribution in [2.75, 3.05) is 6.61 Å². The lowest BCUT2D eigenvalue weighted by Gasteiger charge is -2.15. The number of pyridine rings is 1. The van der Waals surface area contributed by atoms with E-state index in [-0.39, 0.29) is 23.5 Å². The Balaban J connectivity index is 2.23. The molecule has 0 aliphatic heterocycles. The van der Waals surface area contributed by atoms with Crippen molar-refractivity contribution in [3.8, 4) is 5.75 Å². The number of nitrogens with zero attached hydrogens (tertiary/aromatic N) is 3. The second kappa shape index (κ2) is 5.88. The van der Waals surface area contributed by atoms with Crippen LogP contribution in [-0.2, 0) is 17.6 Å².